The maximum Gasteiger partial charge on any atom is 0.224 e. The molecule has 5 heteroatoms. The van der Waals surface area contributed by atoms with Crippen molar-refractivity contribution in [2.75, 3.05) is 19.0 Å². The molecule has 1 fully saturated rings. The Hall–Kier alpha value is -2.30. The highest BCUT2D eigenvalue weighted by Gasteiger charge is 2.27. The highest BCUT2D eigenvalue weighted by atomic mass is 16.5. The largest absolute Gasteiger partial charge is 0.494 e. The zero-order valence-electron chi connectivity index (χ0n) is 12.3. The number of nitrogens with zero attached hydrogens (tertiary/aromatic N) is 2. The van der Waals surface area contributed by atoms with Gasteiger partial charge in [-0.15, -0.1) is 0 Å². The predicted molar refractivity (Wildman–Crippen MR) is 81.2 cm³/mol. The summed E-state index contributed by atoms with van der Waals surface area (Å²) in [7, 11) is 1.85. The molecule has 2 aromatic rings. The van der Waals surface area contributed by atoms with Gasteiger partial charge in [0.1, 0.15) is 23.1 Å². The summed E-state index contributed by atoms with van der Waals surface area (Å²) >= 11 is 0. The van der Waals surface area contributed by atoms with E-state index in [4.69, 9.17) is 9.47 Å². The zero-order valence-corrected chi connectivity index (χ0v) is 12.3. The Labute approximate surface area is 124 Å². The van der Waals surface area contributed by atoms with Crippen LogP contribution in [0.2, 0.25) is 0 Å². The minimum absolute atomic E-state index is 0.482. The van der Waals surface area contributed by atoms with Crippen LogP contribution in [0.15, 0.2) is 30.3 Å². The average molecular weight is 285 g/mol. The van der Waals surface area contributed by atoms with E-state index in [9.17, 15) is 0 Å². The molecule has 0 unspecified atom stereocenters. The van der Waals surface area contributed by atoms with Crippen molar-refractivity contribution < 1.29 is 9.47 Å². The maximum atomic E-state index is 5.86. The first-order chi connectivity index (χ1) is 10.3. The SMILES string of the molecule is CCOc1cccc(Oc2cc(NC)nc(C3CC3)n2)c1. The summed E-state index contributed by atoms with van der Waals surface area (Å²) in [6.07, 6.45) is 2.32. The summed E-state index contributed by atoms with van der Waals surface area (Å²) < 4.78 is 11.3. The molecular weight excluding hydrogens is 266 g/mol. The molecule has 1 N–H and O–H groups in total. The summed E-state index contributed by atoms with van der Waals surface area (Å²) in [6, 6.07) is 9.37. The Bertz CT molecular complexity index is 627. The van der Waals surface area contributed by atoms with E-state index in [0.717, 1.165) is 30.2 Å². The number of benzene rings is 1. The predicted octanol–water partition coefficient (Wildman–Crippen LogP) is 3.59. The van der Waals surface area contributed by atoms with Crippen LogP contribution in [0.25, 0.3) is 0 Å². The molecule has 1 heterocycles. The molecule has 5 nitrogen and oxygen atoms in total. The molecule has 110 valence electrons. The van der Waals surface area contributed by atoms with Crippen molar-refractivity contribution in [1.82, 2.24) is 9.97 Å². The lowest BCUT2D eigenvalue weighted by Crippen LogP contribution is -2.01. The van der Waals surface area contributed by atoms with Crippen LogP contribution in [-0.4, -0.2) is 23.6 Å². The van der Waals surface area contributed by atoms with E-state index >= 15 is 0 Å². The topological polar surface area (TPSA) is 56.3 Å². The van der Waals surface area contributed by atoms with Crippen LogP contribution in [0.1, 0.15) is 31.5 Å². The smallest absolute Gasteiger partial charge is 0.224 e. The molecular formula is C16H19N3O2. The lowest BCUT2D eigenvalue weighted by molar-refractivity contribution is 0.338. The molecule has 0 aliphatic heterocycles. The molecule has 1 aliphatic rings. The number of nitrogens with one attached hydrogen (secondary N) is 1. The number of ether oxygens (including phenoxy) is 2. The normalized spacial score (nSPS) is 13.8. The summed E-state index contributed by atoms with van der Waals surface area (Å²) in [4.78, 5) is 8.98. The third-order valence-corrected chi connectivity index (χ3v) is 3.26. The molecule has 0 radical (unpaired) electrons. The Kier molecular flexibility index (Phi) is 3.90. The van der Waals surface area contributed by atoms with Gasteiger partial charge in [0.15, 0.2) is 0 Å². The fraction of sp³-hybridized carbons (Fsp3) is 0.375. The highest BCUT2D eigenvalue weighted by molar-refractivity contribution is 5.41. The van der Waals surface area contributed by atoms with Crippen molar-refractivity contribution >= 4 is 5.82 Å². The summed E-state index contributed by atoms with van der Waals surface area (Å²) in [5, 5.41) is 3.05. The molecule has 1 aromatic heterocycles. The summed E-state index contributed by atoms with van der Waals surface area (Å²) in [6.45, 7) is 2.59. The number of aromatic nitrogens is 2. The van der Waals surface area contributed by atoms with Gasteiger partial charge in [-0.05, 0) is 31.9 Å². The maximum absolute atomic E-state index is 5.86. The molecule has 3 rings (SSSR count). The van der Waals surface area contributed by atoms with Crippen LogP contribution in [0.5, 0.6) is 17.4 Å². The average Bonchev–Trinajstić information content (AvgIpc) is 3.32. The first-order valence-electron chi connectivity index (χ1n) is 7.26. The Morgan fingerprint density at radius 1 is 1.19 bits per heavy atom. The van der Waals surface area contributed by atoms with Crippen LogP contribution in [0, 0.1) is 0 Å². The molecule has 0 saturated heterocycles. The van der Waals surface area contributed by atoms with Crippen LogP contribution < -0.4 is 14.8 Å². The fourth-order valence-electron chi connectivity index (χ4n) is 2.06. The minimum Gasteiger partial charge on any atom is -0.494 e. The van der Waals surface area contributed by atoms with Crippen molar-refractivity contribution in [3.8, 4) is 17.4 Å². The molecule has 1 aromatic carbocycles. The van der Waals surface area contributed by atoms with Crippen molar-refractivity contribution in [3.63, 3.8) is 0 Å². The first-order valence-corrected chi connectivity index (χ1v) is 7.26. The van der Waals surface area contributed by atoms with Crippen molar-refractivity contribution in [3.05, 3.63) is 36.2 Å². The van der Waals surface area contributed by atoms with Gasteiger partial charge in [-0.3, -0.25) is 0 Å². The lowest BCUT2D eigenvalue weighted by Gasteiger charge is -2.10. The van der Waals surface area contributed by atoms with E-state index < -0.39 is 0 Å². The van der Waals surface area contributed by atoms with Gasteiger partial charge in [-0.1, -0.05) is 6.07 Å². The first kappa shape index (κ1) is 13.7. The van der Waals surface area contributed by atoms with E-state index in [0.29, 0.717) is 24.2 Å². The minimum atomic E-state index is 0.482. The van der Waals surface area contributed by atoms with E-state index in [1.165, 1.54) is 0 Å². The zero-order chi connectivity index (χ0) is 14.7. The molecule has 0 atom stereocenters. The lowest BCUT2D eigenvalue weighted by atomic mass is 10.3. The van der Waals surface area contributed by atoms with Gasteiger partial charge in [-0.2, -0.15) is 4.98 Å². The quantitative estimate of drug-likeness (QED) is 0.879. The second kappa shape index (κ2) is 5.99. The standard InChI is InChI=1S/C16H19N3O2/c1-3-20-12-5-4-6-13(9-12)21-15-10-14(17-2)18-16(19-15)11-7-8-11/h4-6,9-11H,3,7-8H2,1-2H3,(H,17,18,19). The Balaban J connectivity index is 1.83. The van der Waals surface area contributed by atoms with Crippen molar-refractivity contribution in [2.45, 2.75) is 25.7 Å². The van der Waals surface area contributed by atoms with Gasteiger partial charge in [0.25, 0.3) is 0 Å². The second-order valence-electron chi connectivity index (χ2n) is 4.98. The molecule has 1 saturated carbocycles. The van der Waals surface area contributed by atoms with Crippen LogP contribution in [0.4, 0.5) is 5.82 Å². The van der Waals surface area contributed by atoms with E-state index in [-0.39, 0.29) is 0 Å². The Morgan fingerprint density at radius 2 is 2.00 bits per heavy atom. The number of hydrogen-bond donors (Lipinski definition) is 1. The van der Waals surface area contributed by atoms with Crippen molar-refractivity contribution in [1.29, 1.82) is 0 Å². The fourth-order valence-corrected chi connectivity index (χ4v) is 2.06. The van der Waals surface area contributed by atoms with E-state index in [2.05, 4.69) is 15.3 Å². The highest BCUT2D eigenvalue weighted by Crippen LogP contribution is 2.39. The number of rotatable bonds is 6. The van der Waals surface area contributed by atoms with Gasteiger partial charge in [0.05, 0.1) is 6.61 Å². The van der Waals surface area contributed by atoms with E-state index in [1.54, 1.807) is 6.07 Å². The van der Waals surface area contributed by atoms with Crippen LogP contribution >= 0.6 is 0 Å². The van der Waals surface area contributed by atoms with Crippen LogP contribution in [0.3, 0.4) is 0 Å². The second-order valence-corrected chi connectivity index (χ2v) is 4.98. The summed E-state index contributed by atoms with van der Waals surface area (Å²) in [5.41, 5.74) is 0. The third kappa shape index (κ3) is 3.42. The molecule has 0 bridgehead atoms. The van der Waals surface area contributed by atoms with Gasteiger partial charge in [0.2, 0.25) is 5.88 Å². The summed E-state index contributed by atoms with van der Waals surface area (Å²) in [5.74, 6) is 4.18. The van der Waals surface area contributed by atoms with E-state index in [1.807, 2.05) is 38.2 Å². The molecule has 21 heavy (non-hydrogen) atoms. The molecule has 0 amide bonds. The van der Waals surface area contributed by atoms with Gasteiger partial charge in [-0.25, -0.2) is 4.98 Å². The van der Waals surface area contributed by atoms with Crippen LogP contribution in [-0.2, 0) is 0 Å². The molecule has 1 aliphatic carbocycles. The van der Waals surface area contributed by atoms with Gasteiger partial charge < -0.3 is 14.8 Å². The van der Waals surface area contributed by atoms with Crippen molar-refractivity contribution in [2.24, 2.45) is 0 Å². The third-order valence-electron chi connectivity index (χ3n) is 3.26. The Morgan fingerprint density at radius 3 is 2.71 bits per heavy atom. The van der Waals surface area contributed by atoms with Gasteiger partial charge >= 0.3 is 0 Å². The number of anilines is 1. The van der Waals surface area contributed by atoms with Gasteiger partial charge in [0, 0.05) is 25.1 Å². The monoisotopic (exact) mass is 285 g/mol. The molecule has 0 spiro atoms. The number of hydrogen-bond acceptors (Lipinski definition) is 5.